The second-order valence-electron chi connectivity index (χ2n) is 7.46. The maximum atomic E-state index is 13.9. The van der Waals surface area contributed by atoms with Crippen molar-refractivity contribution in [1.29, 1.82) is 0 Å². The highest BCUT2D eigenvalue weighted by molar-refractivity contribution is 7.71. The van der Waals surface area contributed by atoms with Gasteiger partial charge in [-0.1, -0.05) is 23.7 Å². The first-order valence-electron chi connectivity index (χ1n) is 10.2. The number of ether oxygens (including phenoxy) is 1. The molecule has 2 aromatic heterocycles. The zero-order chi connectivity index (χ0) is 22.9. The number of anilines is 1. The standard InChI is InChI=1S/C20H22ClF3N6OS/c1-2-31-9-3-8-29-18(26-27-19(29)32)15-11-17-25-14(12-4-6-13(21)7-5-12)10-16(20(22,23)24)30(17)28-15/h4-7,11,14,16,25H,2-3,8-10H2,1H3,(H,27,32)/t14-,16-/m1/s1. The lowest BCUT2D eigenvalue weighted by Gasteiger charge is -2.33. The third-order valence-electron chi connectivity index (χ3n) is 5.32. The monoisotopic (exact) mass is 486 g/mol. The highest BCUT2D eigenvalue weighted by atomic mass is 35.5. The maximum absolute atomic E-state index is 13.9. The van der Waals surface area contributed by atoms with Gasteiger partial charge in [0.25, 0.3) is 0 Å². The molecule has 0 saturated heterocycles. The van der Waals surface area contributed by atoms with Crippen LogP contribution >= 0.6 is 23.8 Å². The van der Waals surface area contributed by atoms with Crippen molar-refractivity contribution in [2.75, 3.05) is 18.5 Å². The van der Waals surface area contributed by atoms with Gasteiger partial charge in [0.15, 0.2) is 16.6 Å². The average Bonchev–Trinajstić information content (AvgIpc) is 3.33. The Kier molecular flexibility index (Phi) is 6.59. The van der Waals surface area contributed by atoms with Crippen molar-refractivity contribution >= 4 is 29.6 Å². The molecule has 1 aromatic carbocycles. The summed E-state index contributed by atoms with van der Waals surface area (Å²) in [6.07, 6.45) is -3.97. The van der Waals surface area contributed by atoms with E-state index in [4.69, 9.17) is 28.6 Å². The van der Waals surface area contributed by atoms with Crippen molar-refractivity contribution in [2.45, 2.75) is 44.6 Å². The fourth-order valence-corrected chi connectivity index (χ4v) is 4.14. The Balaban J connectivity index is 1.67. The van der Waals surface area contributed by atoms with Crippen LogP contribution in [0.1, 0.15) is 37.4 Å². The number of fused-ring (bicyclic) bond motifs is 1. The summed E-state index contributed by atoms with van der Waals surface area (Å²) in [5.74, 6) is 0.655. The fourth-order valence-electron chi connectivity index (χ4n) is 3.79. The Labute approximate surface area is 192 Å². The topological polar surface area (TPSA) is 72.7 Å². The summed E-state index contributed by atoms with van der Waals surface area (Å²) in [4.78, 5) is 0. The molecule has 172 valence electrons. The van der Waals surface area contributed by atoms with E-state index in [0.29, 0.717) is 47.5 Å². The Bertz CT molecular complexity index is 1120. The molecule has 1 aliphatic heterocycles. The lowest BCUT2D eigenvalue weighted by Crippen LogP contribution is -2.35. The molecule has 3 heterocycles. The van der Waals surface area contributed by atoms with Gasteiger partial charge in [0.1, 0.15) is 11.5 Å². The average molecular weight is 487 g/mol. The summed E-state index contributed by atoms with van der Waals surface area (Å²) in [7, 11) is 0. The van der Waals surface area contributed by atoms with Crippen molar-refractivity contribution in [1.82, 2.24) is 24.5 Å². The molecule has 0 unspecified atom stereocenters. The van der Waals surface area contributed by atoms with E-state index in [1.165, 1.54) is 0 Å². The first-order valence-corrected chi connectivity index (χ1v) is 11.0. The highest BCUT2D eigenvalue weighted by Crippen LogP contribution is 2.44. The number of aromatic amines is 1. The van der Waals surface area contributed by atoms with Gasteiger partial charge in [0.2, 0.25) is 0 Å². The largest absolute Gasteiger partial charge is 0.410 e. The molecule has 32 heavy (non-hydrogen) atoms. The van der Waals surface area contributed by atoms with E-state index >= 15 is 0 Å². The lowest BCUT2D eigenvalue weighted by atomic mass is 9.97. The smallest absolute Gasteiger partial charge is 0.382 e. The zero-order valence-electron chi connectivity index (χ0n) is 17.2. The van der Waals surface area contributed by atoms with E-state index in [2.05, 4.69) is 20.6 Å². The quantitative estimate of drug-likeness (QED) is 0.338. The van der Waals surface area contributed by atoms with Crippen LogP contribution in [0.5, 0.6) is 0 Å². The second-order valence-corrected chi connectivity index (χ2v) is 8.28. The minimum atomic E-state index is -4.47. The van der Waals surface area contributed by atoms with Gasteiger partial charge in [0, 0.05) is 37.3 Å². The van der Waals surface area contributed by atoms with E-state index in [1.54, 1.807) is 34.9 Å². The first kappa shape index (κ1) is 22.8. The number of rotatable bonds is 7. The van der Waals surface area contributed by atoms with E-state index in [0.717, 1.165) is 10.2 Å². The third kappa shape index (κ3) is 4.69. The zero-order valence-corrected chi connectivity index (χ0v) is 18.8. The Hall–Kier alpha value is -2.37. The van der Waals surface area contributed by atoms with E-state index < -0.39 is 18.3 Å². The van der Waals surface area contributed by atoms with Crippen molar-refractivity contribution in [3.05, 3.63) is 45.7 Å². The second kappa shape index (κ2) is 9.24. The van der Waals surface area contributed by atoms with Crippen LogP contribution < -0.4 is 5.32 Å². The van der Waals surface area contributed by atoms with Crippen LogP contribution in [0, 0.1) is 4.77 Å². The molecule has 0 radical (unpaired) electrons. The Morgan fingerprint density at radius 2 is 2.03 bits per heavy atom. The molecule has 0 fully saturated rings. The lowest BCUT2D eigenvalue weighted by molar-refractivity contribution is -0.173. The van der Waals surface area contributed by atoms with Gasteiger partial charge in [-0.3, -0.25) is 9.67 Å². The molecule has 2 atom stereocenters. The number of alkyl halides is 3. The predicted molar refractivity (Wildman–Crippen MR) is 117 cm³/mol. The molecule has 0 bridgehead atoms. The van der Waals surface area contributed by atoms with Crippen LogP contribution in [0.4, 0.5) is 19.0 Å². The van der Waals surface area contributed by atoms with E-state index in [-0.39, 0.29) is 12.2 Å². The van der Waals surface area contributed by atoms with Gasteiger partial charge in [-0.2, -0.15) is 23.4 Å². The van der Waals surface area contributed by atoms with E-state index in [1.807, 2.05) is 6.92 Å². The summed E-state index contributed by atoms with van der Waals surface area (Å²) in [6, 6.07) is 6.04. The van der Waals surface area contributed by atoms with Gasteiger partial charge in [0.05, 0.1) is 6.04 Å². The molecule has 0 spiro atoms. The SMILES string of the molecule is CCOCCCn1c(-c2cc3n(n2)[C@@H](C(F)(F)F)C[C@H](c2ccc(Cl)cc2)N3)n[nH]c1=S. The molecule has 4 rings (SSSR count). The summed E-state index contributed by atoms with van der Waals surface area (Å²) in [6.45, 7) is 3.57. The van der Waals surface area contributed by atoms with Gasteiger partial charge in [-0.05, 0) is 43.3 Å². The molecule has 7 nitrogen and oxygen atoms in total. The number of H-pyrrole nitrogens is 1. The van der Waals surface area contributed by atoms with E-state index in [9.17, 15) is 13.2 Å². The van der Waals surface area contributed by atoms with Crippen LogP contribution in [0.3, 0.4) is 0 Å². The molecule has 0 aliphatic carbocycles. The molecule has 0 amide bonds. The van der Waals surface area contributed by atoms with Crippen molar-refractivity contribution < 1.29 is 17.9 Å². The summed E-state index contributed by atoms with van der Waals surface area (Å²) < 4.78 is 50.3. The molecule has 3 aromatic rings. The number of hydrogen-bond acceptors (Lipinski definition) is 5. The minimum Gasteiger partial charge on any atom is -0.382 e. The molecule has 12 heteroatoms. The summed E-state index contributed by atoms with van der Waals surface area (Å²) >= 11 is 11.2. The van der Waals surface area contributed by atoms with Gasteiger partial charge < -0.3 is 10.1 Å². The van der Waals surface area contributed by atoms with Crippen LogP contribution in [0.2, 0.25) is 5.02 Å². The van der Waals surface area contributed by atoms with Crippen molar-refractivity contribution in [3.8, 4) is 11.5 Å². The van der Waals surface area contributed by atoms with Crippen LogP contribution in [0.15, 0.2) is 30.3 Å². The van der Waals surface area contributed by atoms with Crippen molar-refractivity contribution in [3.63, 3.8) is 0 Å². The van der Waals surface area contributed by atoms with Gasteiger partial charge in [-0.15, -0.1) is 0 Å². The Morgan fingerprint density at radius 3 is 2.72 bits per heavy atom. The first-order chi connectivity index (χ1) is 15.3. The number of halogens is 4. The maximum Gasteiger partial charge on any atom is 0.410 e. The number of hydrogen-bond donors (Lipinski definition) is 2. The van der Waals surface area contributed by atoms with Crippen molar-refractivity contribution in [2.24, 2.45) is 0 Å². The number of aromatic nitrogens is 5. The van der Waals surface area contributed by atoms with Crippen LogP contribution in [-0.2, 0) is 11.3 Å². The molecular weight excluding hydrogens is 465 g/mol. The highest BCUT2D eigenvalue weighted by Gasteiger charge is 2.46. The van der Waals surface area contributed by atoms with Crippen LogP contribution in [-0.4, -0.2) is 43.9 Å². The predicted octanol–water partition coefficient (Wildman–Crippen LogP) is 5.54. The molecule has 2 N–H and O–H groups in total. The van der Waals surface area contributed by atoms with Crippen LogP contribution in [0.25, 0.3) is 11.5 Å². The third-order valence-corrected chi connectivity index (χ3v) is 5.89. The summed E-state index contributed by atoms with van der Waals surface area (Å²) in [5, 5.41) is 14.9. The number of nitrogens with zero attached hydrogens (tertiary/aromatic N) is 4. The number of benzene rings is 1. The fraction of sp³-hybridized carbons (Fsp3) is 0.450. The minimum absolute atomic E-state index is 0.194. The summed E-state index contributed by atoms with van der Waals surface area (Å²) in [5.41, 5.74) is 1.03. The molecule has 1 aliphatic rings. The normalized spacial score (nSPS) is 18.4. The Morgan fingerprint density at radius 1 is 1.28 bits per heavy atom. The number of nitrogens with one attached hydrogen (secondary N) is 2. The van der Waals surface area contributed by atoms with Gasteiger partial charge >= 0.3 is 6.18 Å². The molecule has 0 saturated carbocycles. The van der Waals surface area contributed by atoms with Gasteiger partial charge in [-0.25, -0.2) is 4.68 Å². The molecular formula is C20H22ClF3N6OS.